The number of halogens is 1. The van der Waals surface area contributed by atoms with Gasteiger partial charge in [-0.1, -0.05) is 13.8 Å². The van der Waals surface area contributed by atoms with Gasteiger partial charge in [0, 0.05) is 19.8 Å². The molecule has 1 aromatic carbocycles. The van der Waals surface area contributed by atoms with E-state index in [0.29, 0.717) is 24.8 Å². The Morgan fingerprint density at radius 1 is 1.47 bits per heavy atom. The second-order valence-electron chi connectivity index (χ2n) is 4.75. The zero-order valence-corrected chi connectivity index (χ0v) is 11.3. The molecule has 0 aromatic heterocycles. The predicted molar refractivity (Wildman–Crippen MR) is 72.1 cm³/mol. The summed E-state index contributed by atoms with van der Waals surface area (Å²) in [6, 6.07) is 3.83. The Balaban J connectivity index is 2.32. The normalized spacial score (nSPS) is 10.7. The summed E-state index contributed by atoms with van der Waals surface area (Å²) < 4.78 is 18.9. The Hall–Kier alpha value is -1.62. The van der Waals surface area contributed by atoms with Crippen LogP contribution in [0, 0.1) is 11.7 Å². The van der Waals surface area contributed by atoms with Crippen molar-refractivity contribution in [1.29, 1.82) is 0 Å². The number of carboxylic acids is 1. The Labute approximate surface area is 112 Å². The largest absolute Gasteiger partial charge is 0.478 e. The Morgan fingerprint density at radius 3 is 2.79 bits per heavy atom. The van der Waals surface area contributed by atoms with Crippen molar-refractivity contribution in [3.63, 3.8) is 0 Å². The van der Waals surface area contributed by atoms with E-state index in [1.807, 2.05) is 0 Å². The standard InChI is InChI=1S/C14H20FNO3/c1-10(2)9-19-7-3-6-16-13-5-4-11(14(17)18)8-12(13)15/h4-5,8,10,16H,3,6-7,9H2,1-2H3,(H,17,18). The van der Waals surface area contributed by atoms with Gasteiger partial charge < -0.3 is 15.2 Å². The van der Waals surface area contributed by atoms with Gasteiger partial charge in [-0.3, -0.25) is 0 Å². The second-order valence-corrected chi connectivity index (χ2v) is 4.75. The molecule has 0 amide bonds. The first-order chi connectivity index (χ1) is 9.00. The number of aromatic carboxylic acids is 1. The molecule has 0 unspecified atom stereocenters. The van der Waals surface area contributed by atoms with Crippen molar-refractivity contribution < 1.29 is 19.0 Å². The molecule has 0 aliphatic carbocycles. The van der Waals surface area contributed by atoms with E-state index < -0.39 is 11.8 Å². The fourth-order valence-corrected chi connectivity index (χ4v) is 1.51. The van der Waals surface area contributed by atoms with Gasteiger partial charge in [-0.05, 0) is 30.5 Å². The monoisotopic (exact) mass is 269 g/mol. The van der Waals surface area contributed by atoms with E-state index in [4.69, 9.17) is 9.84 Å². The molecular weight excluding hydrogens is 249 g/mol. The molecule has 4 nitrogen and oxygen atoms in total. The summed E-state index contributed by atoms with van der Waals surface area (Å²) in [7, 11) is 0. The van der Waals surface area contributed by atoms with Gasteiger partial charge in [0.25, 0.3) is 0 Å². The lowest BCUT2D eigenvalue weighted by Gasteiger charge is -2.09. The zero-order chi connectivity index (χ0) is 14.3. The lowest BCUT2D eigenvalue weighted by Crippen LogP contribution is -2.09. The maximum Gasteiger partial charge on any atom is 0.335 e. The highest BCUT2D eigenvalue weighted by atomic mass is 19.1. The summed E-state index contributed by atoms with van der Waals surface area (Å²) in [4.78, 5) is 10.6. The number of carbonyl (C=O) groups is 1. The van der Waals surface area contributed by atoms with Crippen molar-refractivity contribution in [1.82, 2.24) is 0 Å². The molecule has 0 heterocycles. The minimum absolute atomic E-state index is 0.0525. The van der Waals surface area contributed by atoms with Crippen molar-refractivity contribution >= 4 is 11.7 Å². The van der Waals surface area contributed by atoms with Crippen LogP contribution in [-0.2, 0) is 4.74 Å². The highest BCUT2D eigenvalue weighted by Crippen LogP contribution is 2.15. The first-order valence-electron chi connectivity index (χ1n) is 6.35. The number of rotatable bonds is 8. The highest BCUT2D eigenvalue weighted by molar-refractivity contribution is 5.88. The van der Waals surface area contributed by atoms with E-state index in [1.54, 1.807) is 0 Å². The van der Waals surface area contributed by atoms with Gasteiger partial charge in [0.15, 0.2) is 0 Å². The van der Waals surface area contributed by atoms with E-state index in [2.05, 4.69) is 19.2 Å². The number of ether oxygens (including phenoxy) is 1. The van der Waals surface area contributed by atoms with Gasteiger partial charge in [0.05, 0.1) is 11.3 Å². The number of anilines is 1. The summed E-state index contributed by atoms with van der Waals surface area (Å²) in [5.41, 5.74) is 0.261. The van der Waals surface area contributed by atoms with Crippen LogP contribution in [0.1, 0.15) is 30.6 Å². The van der Waals surface area contributed by atoms with Crippen LogP contribution >= 0.6 is 0 Å². The molecule has 0 aliphatic rings. The Morgan fingerprint density at radius 2 is 2.21 bits per heavy atom. The van der Waals surface area contributed by atoms with Gasteiger partial charge in [0.1, 0.15) is 5.82 Å². The summed E-state index contributed by atoms with van der Waals surface area (Å²) in [6.07, 6.45) is 0.771. The van der Waals surface area contributed by atoms with E-state index in [9.17, 15) is 9.18 Å². The number of nitrogens with one attached hydrogen (secondary N) is 1. The minimum Gasteiger partial charge on any atom is -0.478 e. The molecule has 0 saturated heterocycles. The Kier molecular flexibility index (Phi) is 6.29. The molecule has 106 valence electrons. The van der Waals surface area contributed by atoms with Crippen LogP contribution in [0.25, 0.3) is 0 Å². The molecule has 0 bridgehead atoms. The van der Waals surface area contributed by atoms with Gasteiger partial charge in [-0.15, -0.1) is 0 Å². The zero-order valence-electron chi connectivity index (χ0n) is 11.3. The fourth-order valence-electron chi connectivity index (χ4n) is 1.51. The summed E-state index contributed by atoms with van der Waals surface area (Å²) in [6.45, 7) is 6.10. The third kappa shape index (κ3) is 5.70. The fraction of sp³-hybridized carbons (Fsp3) is 0.500. The average Bonchev–Trinajstić information content (AvgIpc) is 2.34. The van der Waals surface area contributed by atoms with E-state index in [0.717, 1.165) is 19.1 Å². The summed E-state index contributed by atoms with van der Waals surface area (Å²) >= 11 is 0. The van der Waals surface area contributed by atoms with E-state index in [1.165, 1.54) is 12.1 Å². The van der Waals surface area contributed by atoms with E-state index in [-0.39, 0.29) is 5.56 Å². The van der Waals surface area contributed by atoms with Crippen LogP contribution in [0.3, 0.4) is 0 Å². The lowest BCUT2D eigenvalue weighted by atomic mass is 10.2. The van der Waals surface area contributed by atoms with Crippen molar-refractivity contribution in [3.05, 3.63) is 29.6 Å². The van der Waals surface area contributed by atoms with Crippen LogP contribution in [0.4, 0.5) is 10.1 Å². The average molecular weight is 269 g/mol. The first-order valence-corrected chi connectivity index (χ1v) is 6.35. The third-order valence-electron chi connectivity index (χ3n) is 2.45. The SMILES string of the molecule is CC(C)COCCCNc1ccc(C(=O)O)cc1F. The topological polar surface area (TPSA) is 58.6 Å². The molecule has 0 fully saturated rings. The number of hydrogen-bond donors (Lipinski definition) is 2. The first kappa shape index (κ1) is 15.4. The number of hydrogen-bond acceptors (Lipinski definition) is 3. The van der Waals surface area contributed by atoms with Crippen LogP contribution in [-0.4, -0.2) is 30.8 Å². The highest BCUT2D eigenvalue weighted by Gasteiger charge is 2.07. The Bertz CT molecular complexity index is 421. The number of benzene rings is 1. The molecule has 0 saturated carbocycles. The molecule has 5 heteroatoms. The van der Waals surface area contributed by atoms with Crippen LogP contribution < -0.4 is 5.32 Å². The van der Waals surface area contributed by atoms with Crippen molar-refractivity contribution in [3.8, 4) is 0 Å². The minimum atomic E-state index is -1.13. The maximum absolute atomic E-state index is 13.5. The molecule has 0 spiro atoms. The van der Waals surface area contributed by atoms with Gasteiger partial charge in [-0.2, -0.15) is 0 Å². The third-order valence-corrected chi connectivity index (χ3v) is 2.45. The van der Waals surface area contributed by atoms with Crippen molar-refractivity contribution in [2.45, 2.75) is 20.3 Å². The molecular formula is C14H20FNO3. The smallest absolute Gasteiger partial charge is 0.335 e. The molecule has 0 radical (unpaired) electrons. The molecule has 2 N–H and O–H groups in total. The lowest BCUT2D eigenvalue weighted by molar-refractivity contribution is 0.0696. The van der Waals surface area contributed by atoms with Crippen LogP contribution in [0.15, 0.2) is 18.2 Å². The van der Waals surface area contributed by atoms with Crippen LogP contribution in [0.5, 0.6) is 0 Å². The molecule has 0 atom stereocenters. The van der Waals surface area contributed by atoms with Crippen molar-refractivity contribution in [2.75, 3.05) is 25.1 Å². The van der Waals surface area contributed by atoms with Crippen molar-refractivity contribution in [2.24, 2.45) is 5.92 Å². The second kappa shape index (κ2) is 7.74. The van der Waals surface area contributed by atoms with Crippen LogP contribution in [0.2, 0.25) is 0 Å². The number of carboxylic acid groups (broad SMARTS) is 1. The summed E-state index contributed by atoms with van der Waals surface area (Å²) in [5.74, 6) is -1.18. The molecule has 1 rings (SSSR count). The molecule has 0 aliphatic heterocycles. The van der Waals surface area contributed by atoms with Gasteiger partial charge >= 0.3 is 5.97 Å². The van der Waals surface area contributed by atoms with E-state index >= 15 is 0 Å². The van der Waals surface area contributed by atoms with Gasteiger partial charge in [-0.25, -0.2) is 9.18 Å². The maximum atomic E-state index is 13.5. The summed E-state index contributed by atoms with van der Waals surface area (Å²) in [5, 5.41) is 11.6. The van der Waals surface area contributed by atoms with Gasteiger partial charge in [0.2, 0.25) is 0 Å². The quantitative estimate of drug-likeness (QED) is 0.712. The molecule has 1 aromatic rings. The molecule has 19 heavy (non-hydrogen) atoms. The predicted octanol–water partition coefficient (Wildman–Crippen LogP) is 3.00.